The molecule has 2 atom stereocenters. The number of hydrogen-bond donors (Lipinski definition) is 0. The SMILES string of the molecule is C=C[C@H]1C(=C)CN(S(=O)(=O)c2ccc(C)cc2)[C@@H]1CCC. The van der Waals surface area contributed by atoms with Crippen molar-refractivity contribution in [2.24, 2.45) is 5.92 Å². The van der Waals surface area contributed by atoms with Crippen LogP contribution in [-0.4, -0.2) is 25.3 Å². The van der Waals surface area contributed by atoms with Gasteiger partial charge in [0.05, 0.1) is 4.90 Å². The van der Waals surface area contributed by atoms with E-state index >= 15 is 0 Å². The largest absolute Gasteiger partial charge is 0.243 e. The molecule has 2 rings (SSSR count). The number of benzene rings is 1. The van der Waals surface area contributed by atoms with Crippen molar-refractivity contribution in [2.45, 2.75) is 37.6 Å². The molecule has 0 bridgehead atoms. The molecule has 0 amide bonds. The van der Waals surface area contributed by atoms with E-state index in [4.69, 9.17) is 0 Å². The van der Waals surface area contributed by atoms with Crippen LogP contribution >= 0.6 is 0 Å². The van der Waals surface area contributed by atoms with Crippen molar-refractivity contribution in [1.29, 1.82) is 0 Å². The van der Waals surface area contributed by atoms with Crippen molar-refractivity contribution in [3.8, 4) is 0 Å². The van der Waals surface area contributed by atoms with Crippen LogP contribution in [0.5, 0.6) is 0 Å². The lowest BCUT2D eigenvalue weighted by atomic mass is 9.94. The van der Waals surface area contributed by atoms with Gasteiger partial charge in [-0.25, -0.2) is 8.42 Å². The van der Waals surface area contributed by atoms with Crippen molar-refractivity contribution in [3.63, 3.8) is 0 Å². The highest BCUT2D eigenvalue weighted by Gasteiger charge is 2.41. The Hall–Kier alpha value is -1.39. The Morgan fingerprint density at radius 3 is 2.48 bits per heavy atom. The summed E-state index contributed by atoms with van der Waals surface area (Å²) in [4.78, 5) is 0.353. The second-order valence-electron chi connectivity index (χ2n) is 5.64. The normalized spacial score (nSPS) is 23.4. The maximum Gasteiger partial charge on any atom is 0.243 e. The Balaban J connectivity index is 2.40. The van der Waals surface area contributed by atoms with Crippen molar-refractivity contribution < 1.29 is 8.42 Å². The van der Waals surface area contributed by atoms with Crippen LogP contribution in [0.25, 0.3) is 0 Å². The summed E-state index contributed by atoms with van der Waals surface area (Å²) in [6.07, 6.45) is 3.58. The average molecular weight is 305 g/mol. The van der Waals surface area contributed by atoms with Crippen LogP contribution in [-0.2, 0) is 10.0 Å². The highest BCUT2D eigenvalue weighted by Crippen LogP contribution is 2.36. The van der Waals surface area contributed by atoms with Gasteiger partial charge in [-0.3, -0.25) is 0 Å². The predicted octanol–water partition coefficient (Wildman–Crippen LogP) is 3.53. The van der Waals surface area contributed by atoms with Crippen LogP contribution in [0.15, 0.2) is 54.0 Å². The van der Waals surface area contributed by atoms with E-state index in [1.807, 2.05) is 25.1 Å². The minimum absolute atomic E-state index is 0.0465. The molecule has 1 aliphatic rings. The summed E-state index contributed by atoms with van der Waals surface area (Å²) in [5.74, 6) is 0.0465. The molecule has 0 saturated carbocycles. The number of sulfonamides is 1. The smallest absolute Gasteiger partial charge is 0.207 e. The fourth-order valence-corrected chi connectivity index (χ4v) is 4.61. The van der Waals surface area contributed by atoms with Gasteiger partial charge in [-0.05, 0) is 25.5 Å². The molecule has 1 saturated heterocycles. The second-order valence-corrected chi connectivity index (χ2v) is 7.53. The molecule has 3 nitrogen and oxygen atoms in total. The zero-order valence-corrected chi connectivity index (χ0v) is 13.6. The number of aryl methyl sites for hydroxylation is 1. The third-order valence-electron chi connectivity index (χ3n) is 4.08. The molecule has 114 valence electrons. The van der Waals surface area contributed by atoms with Crippen molar-refractivity contribution >= 4 is 10.0 Å². The fourth-order valence-electron chi connectivity index (χ4n) is 2.93. The van der Waals surface area contributed by atoms with Crippen molar-refractivity contribution in [1.82, 2.24) is 4.31 Å². The first-order valence-electron chi connectivity index (χ1n) is 7.30. The lowest BCUT2D eigenvalue weighted by molar-refractivity contribution is 0.342. The average Bonchev–Trinajstić information content (AvgIpc) is 2.76. The Morgan fingerprint density at radius 2 is 1.95 bits per heavy atom. The first kappa shape index (κ1) is 16.0. The first-order valence-corrected chi connectivity index (χ1v) is 8.74. The molecule has 0 unspecified atom stereocenters. The Bertz CT molecular complexity index is 631. The minimum Gasteiger partial charge on any atom is -0.207 e. The van der Waals surface area contributed by atoms with Gasteiger partial charge in [0.1, 0.15) is 0 Å². The van der Waals surface area contributed by atoms with E-state index in [0.29, 0.717) is 11.4 Å². The molecule has 0 aromatic heterocycles. The topological polar surface area (TPSA) is 37.4 Å². The molecule has 1 fully saturated rings. The number of rotatable bonds is 5. The van der Waals surface area contributed by atoms with Crippen LogP contribution in [0.2, 0.25) is 0 Å². The molecular weight excluding hydrogens is 282 g/mol. The van der Waals surface area contributed by atoms with Gasteiger partial charge in [0.25, 0.3) is 0 Å². The monoisotopic (exact) mass is 305 g/mol. The molecule has 21 heavy (non-hydrogen) atoms. The van der Waals surface area contributed by atoms with Crippen LogP contribution in [0.1, 0.15) is 25.3 Å². The Kier molecular flexibility index (Phi) is 4.69. The standard InChI is InChI=1S/C17H23NO2S/c1-5-7-17-16(6-2)14(4)12-18(17)21(19,20)15-10-8-13(3)9-11-15/h6,8-11,16-17H,2,4-5,7,12H2,1,3H3/t16-,17+/m0/s1. The molecule has 1 heterocycles. The third-order valence-corrected chi connectivity index (χ3v) is 5.97. The van der Waals surface area contributed by atoms with Crippen molar-refractivity contribution in [3.05, 3.63) is 54.6 Å². The number of nitrogens with zero attached hydrogens (tertiary/aromatic N) is 1. The van der Waals surface area contributed by atoms with Gasteiger partial charge in [-0.15, -0.1) is 6.58 Å². The molecule has 0 aliphatic carbocycles. The van der Waals surface area contributed by atoms with E-state index in [-0.39, 0.29) is 12.0 Å². The van der Waals surface area contributed by atoms with Gasteiger partial charge in [0, 0.05) is 18.5 Å². The molecule has 1 aromatic rings. The summed E-state index contributed by atoms with van der Waals surface area (Å²) >= 11 is 0. The Labute approximate surface area is 128 Å². The van der Waals surface area contributed by atoms with Crippen LogP contribution in [0.3, 0.4) is 0 Å². The Morgan fingerprint density at radius 1 is 1.33 bits per heavy atom. The van der Waals surface area contributed by atoms with Crippen LogP contribution in [0, 0.1) is 12.8 Å². The highest BCUT2D eigenvalue weighted by molar-refractivity contribution is 7.89. The summed E-state index contributed by atoms with van der Waals surface area (Å²) in [5, 5.41) is 0. The van der Waals surface area contributed by atoms with E-state index in [9.17, 15) is 8.42 Å². The van der Waals surface area contributed by atoms with E-state index < -0.39 is 10.0 Å². The molecule has 1 aromatic carbocycles. The summed E-state index contributed by atoms with van der Waals surface area (Å²) in [5.41, 5.74) is 1.98. The second kappa shape index (κ2) is 6.16. The van der Waals surface area contributed by atoms with Crippen LogP contribution in [0.4, 0.5) is 0 Å². The maximum atomic E-state index is 12.9. The van der Waals surface area contributed by atoms with Crippen molar-refractivity contribution in [2.75, 3.05) is 6.54 Å². The molecular formula is C17H23NO2S. The van der Waals surface area contributed by atoms with Gasteiger partial charge in [-0.2, -0.15) is 4.31 Å². The summed E-state index contributed by atoms with van der Waals surface area (Å²) in [6, 6.07) is 6.95. The summed E-state index contributed by atoms with van der Waals surface area (Å²) < 4.78 is 27.4. The van der Waals surface area contributed by atoms with Crippen LogP contribution < -0.4 is 0 Å². The van der Waals surface area contributed by atoms with Gasteiger partial charge < -0.3 is 0 Å². The first-order chi connectivity index (χ1) is 9.91. The zero-order valence-electron chi connectivity index (χ0n) is 12.7. The van der Waals surface area contributed by atoms with Gasteiger partial charge in [-0.1, -0.05) is 49.3 Å². The van der Waals surface area contributed by atoms with E-state index in [1.54, 1.807) is 16.4 Å². The lowest BCUT2D eigenvalue weighted by Gasteiger charge is -2.26. The predicted molar refractivity (Wildman–Crippen MR) is 86.6 cm³/mol. The van der Waals surface area contributed by atoms with E-state index in [2.05, 4.69) is 20.1 Å². The van der Waals surface area contributed by atoms with E-state index in [0.717, 1.165) is 24.0 Å². The maximum absolute atomic E-state index is 12.9. The third kappa shape index (κ3) is 2.97. The highest BCUT2D eigenvalue weighted by atomic mass is 32.2. The molecule has 4 heteroatoms. The molecule has 0 spiro atoms. The van der Waals surface area contributed by atoms with E-state index in [1.165, 1.54) is 0 Å². The van der Waals surface area contributed by atoms with Gasteiger partial charge >= 0.3 is 0 Å². The molecule has 0 radical (unpaired) electrons. The van der Waals surface area contributed by atoms with Gasteiger partial charge in [0.2, 0.25) is 10.0 Å². The quantitative estimate of drug-likeness (QED) is 0.780. The lowest BCUT2D eigenvalue weighted by Crippen LogP contribution is -2.37. The summed E-state index contributed by atoms with van der Waals surface area (Å²) in [7, 11) is -3.48. The molecule has 1 aliphatic heterocycles. The molecule has 0 N–H and O–H groups in total. The number of hydrogen-bond acceptors (Lipinski definition) is 2. The zero-order chi connectivity index (χ0) is 15.6. The summed E-state index contributed by atoms with van der Waals surface area (Å²) in [6.45, 7) is 12.3. The minimum atomic E-state index is -3.48. The fraction of sp³-hybridized carbons (Fsp3) is 0.412. The van der Waals surface area contributed by atoms with Gasteiger partial charge in [0.15, 0.2) is 0 Å².